The smallest absolute Gasteiger partial charge is 0.269 e. The molecular formula is C10H13FN2O4. The number of aliphatic hydroxyl groups excluding tert-OH is 2. The van der Waals surface area contributed by atoms with E-state index in [0.29, 0.717) is 0 Å². The summed E-state index contributed by atoms with van der Waals surface area (Å²) in [5.74, 6) is 0. The normalized spacial score (nSPS) is 32.9. The Bertz CT molecular complexity index is 464. The van der Waals surface area contributed by atoms with Gasteiger partial charge in [-0.25, -0.2) is 9.37 Å². The third-order valence-electron chi connectivity index (χ3n) is 2.77. The minimum atomic E-state index is -1.68. The average Bonchev–Trinajstić information content (AvgIpc) is 2.60. The molecule has 1 aliphatic rings. The minimum Gasteiger partial charge on any atom is -0.394 e. The van der Waals surface area contributed by atoms with Gasteiger partial charge in [-0.05, 0) is 6.92 Å². The van der Waals surface area contributed by atoms with E-state index in [9.17, 15) is 14.3 Å². The number of aryl methyl sites for hydroxylation is 1. The van der Waals surface area contributed by atoms with E-state index < -0.39 is 31.1 Å². The predicted octanol–water partition coefficient (Wildman–Crippen LogP) is -0.790. The lowest BCUT2D eigenvalue weighted by Crippen LogP contribution is -2.30. The molecule has 0 spiro atoms. The second-order valence-electron chi connectivity index (χ2n) is 3.95. The Hall–Kier alpha value is -1.31. The fourth-order valence-electron chi connectivity index (χ4n) is 1.78. The predicted molar refractivity (Wildman–Crippen MR) is 55.2 cm³/mol. The zero-order valence-electron chi connectivity index (χ0n) is 9.13. The first-order valence-electron chi connectivity index (χ1n) is 5.19. The van der Waals surface area contributed by atoms with Crippen molar-refractivity contribution in [2.75, 3.05) is 6.61 Å². The van der Waals surface area contributed by atoms with Gasteiger partial charge in [0, 0.05) is 6.20 Å². The highest BCUT2D eigenvalue weighted by Gasteiger charge is 2.45. The van der Waals surface area contributed by atoms with Crippen LogP contribution in [-0.4, -0.2) is 45.2 Å². The Morgan fingerprint density at radius 2 is 2.35 bits per heavy atom. The molecule has 2 heterocycles. The number of aromatic nitrogens is 2. The zero-order valence-corrected chi connectivity index (χ0v) is 9.13. The molecule has 2 rings (SSSR count). The molecule has 1 aromatic heterocycles. The molecule has 4 atom stereocenters. The lowest BCUT2D eigenvalue weighted by molar-refractivity contribution is -0.0238. The van der Waals surface area contributed by atoms with Crippen molar-refractivity contribution in [3.8, 4) is 0 Å². The highest BCUT2D eigenvalue weighted by Crippen LogP contribution is 2.34. The van der Waals surface area contributed by atoms with E-state index in [-0.39, 0.29) is 16.9 Å². The number of nitrogens with one attached hydrogen (secondary N) is 1. The molecule has 1 unspecified atom stereocenters. The molecule has 0 aromatic carbocycles. The van der Waals surface area contributed by atoms with Crippen LogP contribution in [0.4, 0.5) is 4.39 Å². The first-order chi connectivity index (χ1) is 8.04. The first kappa shape index (κ1) is 12.2. The van der Waals surface area contributed by atoms with Gasteiger partial charge in [0.1, 0.15) is 24.0 Å². The third-order valence-corrected chi connectivity index (χ3v) is 2.77. The largest absolute Gasteiger partial charge is 0.394 e. The molecule has 1 aromatic rings. The molecule has 1 fully saturated rings. The average molecular weight is 244 g/mol. The standard InChI is InChI=1S/C10H13FN2O4/c1-4-10(16)12-2-5(13-4)9-7(11)8(15)6(3-14)17-9/h2,6-9,14-15H,3H2,1H3,(H,12,16)/t6-,7+,8?,9+/m1/s1. The Morgan fingerprint density at radius 1 is 1.65 bits per heavy atom. The summed E-state index contributed by atoms with van der Waals surface area (Å²) in [6.07, 6.45) is -3.86. The van der Waals surface area contributed by atoms with Crippen molar-refractivity contribution in [3.63, 3.8) is 0 Å². The maximum absolute atomic E-state index is 13.7. The topological polar surface area (TPSA) is 95.4 Å². The van der Waals surface area contributed by atoms with Gasteiger partial charge in [-0.3, -0.25) is 4.79 Å². The van der Waals surface area contributed by atoms with Gasteiger partial charge in [-0.2, -0.15) is 0 Å². The Morgan fingerprint density at radius 3 is 2.88 bits per heavy atom. The van der Waals surface area contributed by atoms with Gasteiger partial charge in [-0.1, -0.05) is 0 Å². The molecule has 0 aliphatic carbocycles. The molecule has 1 aliphatic heterocycles. The van der Waals surface area contributed by atoms with Crippen molar-refractivity contribution in [1.82, 2.24) is 9.97 Å². The van der Waals surface area contributed by atoms with E-state index in [1.165, 1.54) is 13.1 Å². The van der Waals surface area contributed by atoms with Crippen molar-refractivity contribution in [1.29, 1.82) is 0 Å². The summed E-state index contributed by atoms with van der Waals surface area (Å²) in [6, 6.07) is 0. The molecule has 0 radical (unpaired) electrons. The van der Waals surface area contributed by atoms with Crippen LogP contribution in [0.5, 0.6) is 0 Å². The van der Waals surface area contributed by atoms with Crippen LogP contribution in [0.3, 0.4) is 0 Å². The molecule has 0 bridgehead atoms. The number of hydrogen-bond acceptors (Lipinski definition) is 5. The van der Waals surface area contributed by atoms with Gasteiger partial charge < -0.3 is 19.9 Å². The van der Waals surface area contributed by atoms with Gasteiger partial charge >= 0.3 is 0 Å². The second kappa shape index (κ2) is 4.52. The molecule has 7 heteroatoms. The van der Waals surface area contributed by atoms with E-state index in [2.05, 4.69) is 9.97 Å². The van der Waals surface area contributed by atoms with Crippen molar-refractivity contribution in [2.24, 2.45) is 0 Å². The first-order valence-corrected chi connectivity index (χ1v) is 5.19. The highest BCUT2D eigenvalue weighted by atomic mass is 19.1. The van der Waals surface area contributed by atoms with Crippen molar-refractivity contribution in [2.45, 2.75) is 31.4 Å². The number of nitrogens with zero attached hydrogens (tertiary/aromatic N) is 1. The number of H-pyrrole nitrogens is 1. The van der Waals surface area contributed by atoms with Crippen LogP contribution in [-0.2, 0) is 4.74 Å². The lowest BCUT2D eigenvalue weighted by atomic mass is 10.1. The Balaban J connectivity index is 2.28. The fraction of sp³-hybridized carbons (Fsp3) is 0.600. The van der Waals surface area contributed by atoms with Crippen molar-refractivity contribution >= 4 is 0 Å². The summed E-state index contributed by atoms with van der Waals surface area (Å²) < 4.78 is 18.9. The number of aliphatic hydroxyl groups is 2. The SMILES string of the molecule is Cc1nc([C@@H]2O[C@H](CO)C(O)[C@@H]2F)c[nH]c1=O. The molecule has 0 amide bonds. The summed E-state index contributed by atoms with van der Waals surface area (Å²) in [6.45, 7) is 1.02. The number of ether oxygens (including phenoxy) is 1. The number of alkyl halides is 1. The molecule has 0 saturated carbocycles. The molecule has 94 valence electrons. The second-order valence-corrected chi connectivity index (χ2v) is 3.95. The van der Waals surface area contributed by atoms with E-state index in [4.69, 9.17) is 9.84 Å². The lowest BCUT2D eigenvalue weighted by Gasteiger charge is -2.12. The quantitative estimate of drug-likeness (QED) is 0.633. The summed E-state index contributed by atoms with van der Waals surface area (Å²) in [5.41, 5.74) is 0.0336. The van der Waals surface area contributed by atoms with Crippen LogP contribution in [0.25, 0.3) is 0 Å². The summed E-state index contributed by atoms with van der Waals surface area (Å²) in [7, 11) is 0. The van der Waals surface area contributed by atoms with E-state index >= 15 is 0 Å². The van der Waals surface area contributed by atoms with E-state index in [0.717, 1.165) is 0 Å². The Labute approximate surface area is 96.1 Å². The van der Waals surface area contributed by atoms with Crippen LogP contribution in [0, 0.1) is 6.92 Å². The monoisotopic (exact) mass is 244 g/mol. The summed E-state index contributed by atoms with van der Waals surface area (Å²) >= 11 is 0. The van der Waals surface area contributed by atoms with Crippen molar-refractivity contribution < 1.29 is 19.3 Å². The molecule has 3 N–H and O–H groups in total. The van der Waals surface area contributed by atoms with Gasteiger partial charge in [-0.15, -0.1) is 0 Å². The molecule has 17 heavy (non-hydrogen) atoms. The van der Waals surface area contributed by atoms with Crippen LogP contribution in [0.1, 0.15) is 17.5 Å². The zero-order chi connectivity index (χ0) is 12.6. The molecule has 6 nitrogen and oxygen atoms in total. The number of rotatable bonds is 2. The Kier molecular flexibility index (Phi) is 3.23. The molecular weight excluding hydrogens is 231 g/mol. The van der Waals surface area contributed by atoms with Gasteiger partial charge in [0.15, 0.2) is 6.17 Å². The van der Waals surface area contributed by atoms with Crippen molar-refractivity contribution in [3.05, 3.63) is 27.9 Å². The van der Waals surface area contributed by atoms with Crippen LogP contribution < -0.4 is 5.56 Å². The third kappa shape index (κ3) is 2.08. The summed E-state index contributed by atoms with van der Waals surface area (Å²) in [5, 5.41) is 18.3. The van der Waals surface area contributed by atoms with Gasteiger partial charge in [0.05, 0.1) is 12.3 Å². The maximum atomic E-state index is 13.7. The van der Waals surface area contributed by atoms with Crippen LogP contribution in [0.2, 0.25) is 0 Å². The van der Waals surface area contributed by atoms with Gasteiger partial charge in [0.2, 0.25) is 0 Å². The van der Waals surface area contributed by atoms with E-state index in [1.807, 2.05) is 0 Å². The maximum Gasteiger partial charge on any atom is 0.269 e. The number of aromatic amines is 1. The van der Waals surface area contributed by atoms with Crippen LogP contribution in [0.15, 0.2) is 11.0 Å². The fourth-order valence-corrected chi connectivity index (χ4v) is 1.78. The van der Waals surface area contributed by atoms with Crippen LogP contribution >= 0.6 is 0 Å². The summed E-state index contributed by atoms with van der Waals surface area (Å²) in [4.78, 5) is 17.4. The number of hydrogen-bond donors (Lipinski definition) is 3. The number of halogens is 1. The molecule has 1 saturated heterocycles. The van der Waals surface area contributed by atoms with E-state index in [1.54, 1.807) is 0 Å². The minimum absolute atomic E-state index is 0.195. The highest BCUT2D eigenvalue weighted by molar-refractivity contribution is 5.10. The van der Waals surface area contributed by atoms with Gasteiger partial charge in [0.25, 0.3) is 5.56 Å².